The van der Waals surface area contributed by atoms with E-state index in [2.05, 4.69) is 24.3 Å². The van der Waals surface area contributed by atoms with Crippen molar-refractivity contribution in [1.29, 1.82) is 0 Å². The number of carbonyl (C=O) groups is 3. The molecule has 3 aliphatic heterocycles. The zero-order chi connectivity index (χ0) is 94.4. The van der Waals surface area contributed by atoms with Gasteiger partial charge in [0.25, 0.3) is 0 Å². The highest BCUT2D eigenvalue weighted by atomic mass is 32.2. The predicted octanol–water partition coefficient (Wildman–Crippen LogP) is 16.5. The second kappa shape index (κ2) is 42.0. The fourth-order valence-electron chi connectivity index (χ4n) is 14.4. The van der Waals surface area contributed by atoms with Gasteiger partial charge in [-0.3, -0.25) is 18.8 Å². The Morgan fingerprint density at radius 1 is 0.452 bits per heavy atom. The maximum absolute atomic E-state index is 12.9. The first-order valence-electron chi connectivity index (χ1n) is 39.4. The molecule has 0 unspecified atom stereocenters. The Balaban J connectivity index is 0.000000227. The van der Waals surface area contributed by atoms with Crippen LogP contribution in [-0.2, 0) is 118 Å². The molecule has 0 aromatic heterocycles. The van der Waals surface area contributed by atoms with E-state index in [9.17, 15) is 123 Å². The van der Waals surface area contributed by atoms with E-state index < -0.39 is 137 Å². The molecule has 6 aliphatic carbocycles. The maximum Gasteiger partial charge on any atom is 0.416 e. The molecule has 0 amide bonds. The average molecular weight is 1890 g/mol. The number of thiol groups is 1. The van der Waals surface area contributed by atoms with Crippen LogP contribution in [0.1, 0.15) is 161 Å². The van der Waals surface area contributed by atoms with Crippen LogP contribution in [0.4, 0.5) is 70.2 Å². The van der Waals surface area contributed by atoms with Gasteiger partial charge in [0.1, 0.15) is 11.6 Å². The van der Waals surface area contributed by atoms with E-state index in [0.717, 1.165) is 98.7 Å². The third kappa shape index (κ3) is 26.9. The van der Waals surface area contributed by atoms with Crippen LogP contribution in [0.2, 0.25) is 0 Å². The number of alkyl halides is 16. The Kier molecular flexibility index (Phi) is 35.4. The maximum atomic E-state index is 12.9. The largest absolute Gasteiger partial charge is 0.469 e. The lowest BCUT2D eigenvalue weighted by Crippen LogP contribution is -2.55. The fourth-order valence-corrected chi connectivity index (χ4v) is 21.6. The number of aliphatic hydroxyl groups excluding tert-OH is 3. The first-order chi connectivity index (χ1) is 57.5. The first-order valence-corrected chi connectivity index (χ1v) is 45.3. The highest BCUT2D eigenvalue weighted by Crippen LogP contribution is 2.54. The van der Waals surface area contributed by atoms with Crippen LogP contribution >= 0.6 is 12.6 Å². The monoisotopic (exact) mass is 1890 g/mol. The molecule has 21 nitrogen and oxygen atoms in total. The van der Waals surface area contributed by atoms with E-state index in [1.165, 1.54) is 71.6 Å². The van der Waals surface area contributed by atoms with Crippen molar-refractivity contribution in [2.45, 2.75) is 225 Å². The summed E-state index contributed by atoms with van der Waals surface area (Å²) in [6.45, 7) is 14.5. The van der Waals surface area contributed by atoms with Crippen molar-refractivity contribution in [2.75, 3.05) is 72.9 Å². The van der Waals surface area contributed by atoms with Gasteiger partial charge in [0.2, 0.25) is 0 Å². The van der Waals surface area contributed by atoms with Gasteiger partial charge in [0, 0.05) is 69.1 Å². The summed E-state index contributed by atoms with van der Waals surface area (Å²) in [5, 5.41) is 24.6. The minimum absolute atomic E-state index is 0.0210. The molecule has 3 saturated heterocycles. The van der Waals surface area contributed by atoms with E-state index in [0.29, 0.717) is 107 Å². The molecular formula is C82H102F16O21S5. The van der Waals surface area contributed by atoms with Gasteiger partial charge in [-0.15, -0.1) is 12.6 Å². The minimum Gasteiger partial charge on any atom is -0.469 e. The van der Waals surface area contributed by atoms with Crippen molar-refractivity contribution in [1.82, 2.24) is 0 Å². The number of carbonyl (C=O) groups excluding carboxylic acids is 3. The smallest absolute Gasteiger partial charge is 0.416 e. The molecule has 0 atom stereocenters. The van der Waals surface area contributed by atoms with Gasteiger partial charge in [-0.05, 0) is 175 Å². The van der Waals surface area contributed by atoms with E-state index >= 15 is 0 Å². The van der Waals surface area contributed by atoms with Gasteiger partial charge in [0.05, 0.1) is 148 Å². The number of ether oxygens (including phenoxy) is 7. The molecule has 0 bridgehead atoms. The molecule has 3 N–H and O–H groups in total. The summed E-state index contributed by atoms with van der Waals surface area (Å²) >= 11 is 3.79. The topological polar surface area (TPSA) is 313 Å². The minimum atomic E-state index is -4.60. The first kappa shape index (κ1) is 105. The second-order valence-corrected chi connectivity index (χ2v) is 42.4. The van der Waals surface area contributed by atoms with Crippen LogP contribution in [0.5, 0.6) is 0 Å². The third-order valence-corrected chi connectivity index (χ3v) is 32.7. The highest BCUT2D eigenvalue weighted by Gasteiger charge is 2.59. The molecular weight excluding hydrogens is 1790 g/mol. The average Bonchev–Trinajstić information content (AvgIpc) is 1.72. The Morgan fingerprint density at radius 2 is 0.734 bits per heavy atom. The van der Waals surface area contributed by atoms with Gasteiger partial charge in [-0.2, -0.15) is 65.9 Å². The number of ketones is 2. The van der Waals surface area contributed by atoms with Gasteiger partial charge in [-0.25, -0.2) is 33.7 Å². The van der Waals surface area contributed by atoms with Crippen LogP contribution in [0, 0.1) is 35.5 Å². The second-order valence-electron chi connectivity index (χ2n) is 32.2. The number of methoxy groups -OCH3 is 1. The lowest BCUT2D eigenvalue weighted by atomic mass is 9.72. The number of aliphatic hydroxyl groups is 3. The molecule has 6 saturated carbocycles. The number of esters is 1. The number of hydrogen-bond donors (Lipinski definition) is 4. The number of rotatable bonds is 15. The summed E-state index contributed by atoms with van der Waals surface area (Å²) in [4.78, 5) is 31.0. The lowest BCUT2D eigenvalue weighted by molar-refractivity contribution is -0.234. The number of hydrogen-bond acceptors (Lipinski definition) is 22. The van der Waals surface area contributed by atoms with Crippen LogP contribution in [0.25, 0.3) is 0 Å². The summed E-state index contributed by atoms with van der Waals surface area (Å²) in [6.07, 6.45) is -16.0. The summed E-state index contributed by atoms with van der Waals surface area (Å²) < 4.78 is 339. The standard InChI is InChI=1S/C16H19F3O4S.C14H15F3O4S.C14H17F3O3S.C14H15F3O3S.C8H14O2.C7H5F3S.C6H8O3.C2H6O2.CH3F/c1-14(2,12-9-15(10-12)22-6-7-23-15)24(20,21)13-5-3-4-11(8-13)16(17,18)19;15-14(16,17)11-2-1-3-12(6-11)22(18,19)9-10-7-13(8-10)20-4-5-21-13;2*1-13(2,10-6-11(18)7-10)21(19,20)12-5-3-4-9(8-12)14(15,16)17;1-2-7-5-8(6-7)9-3-4-10-8;8-7(9,10)5-2-1-3-6(11)4-5;1-9-6(8)4-2-5(7)3-4;3-1-2-4;1-2/h3-5,8,12H,6-7,9-10H2,1-2H3;1-3,6,10H,4-5,7-9H2;3-5,8,10-11,18H,6-7H2,1-2H3;3-5,8,10H,6-7H2,1-2H3;7H,2-6H2,1H3;1-4,11H;4H,2-3H2,1H3;3-4H,1-2H2;1H3/i;;;;;;;;1D. The summed E-state index contributed by atoms with van der Waals surface area (Å²) in [6, 6.07) is 20.1. The SMILES string of the molecule is CC(C)(C1CC(=O)C1)S(=O)(=O)c1cccc(C(F)(F)F)c1.CC(C)(C1CC(O)C1)S(=O)(=O)c1cccc(C(F)(F)F)c1.CC(C)(C1CC2(C1)OCCO2)S(=O)(=O)c1cccc(C(F)(F)F)c1.CCC1CC2(C1)OCCO2.COC(=O)C1CC(=O)C1.FC(F)(F)c1cccc(S)c1.O=S(=O)(CC1CC2(C1)OCCO2)c1cccc(C(F)(F)F)c1.OCCO.[2H]CF. The number of halogens is 16. The molecule has 5 aromatic carbocycles. The van der Waals surface area contributed by atoms with E-state index in [1.807, 2.05) is 0 Å². The quantitative estimate of drug-likeness (QED) is 0.0430. The van der Waals surface area contributed by atoms with Crippen LogP contribution in [0.3, 0.4) is 0 Å². The van der Waals surface area contributed by atoms with Crippen LogP contribution in [0.15, 0.2) is 146 Å². The van der Waals surface area contributed by atoms with Gasteiger partial charge >= 0.3 is 36.9 Å². The Morgan fingerprint density at radius 3 is 1.02 bits per heavy atom. The van der Waals surface area contributed by atoms with Crippen molar-refractivity contribution in [3.63, 3.8) is 0 Å². The van der Waals surface area contributed by atoms with Crippen molar-refractivity contribution in [3.05, 3.63) is 149 Å². The van der Waals surface area contributed by atoms with Crippen molar-refractivity contribution < 1.29 is 168 Å². The van der Waals surface area contributed by atoms with E-state index in [4.69, 9.17) is 40.0 Å². The van der Waals surface area contributed by atoms with Crippen LogP contribution < -0.4 is 0 Å². The Labute approximate surface area is 716 Å². The third-order valence-electron chi connectivity index (χ3n) is 22.8. The van der Waals surface area contributed by atoms with Gasteiger partial charge in [0.15, 0.2) is 56.7 Å². The normalized spacial score (nSPS) is 21.3. The number of benzene rings is 5. The van der Waals surface area contributed by atoms with Crippen molar-refractivity contribution in [2.24, 2.45) is 35.5 Å². The highest BCUT2D eigenvalue weighted by molar-refractivity contribution is 7.93. The molecule has 124 heavy (non-hydrogen) atoms. The molecule has 9 aliphatic rings. The zero-order valence-electron chi connectivity index (χ0n) is 69.7. The molecule has 14 rings (SSSR count). The summed E-state index contributed by atoms with van der Waals surface area (Å²) in [7, 11) is -15.2. The molecule has 5 aromatic rings. The Bertz CT molecular complexity index is 4860. The number of sulfone groups is 4. The van der Waals surface area contributed by atoms with Gasteiger partial charge < -0.3 is 48.5 Å². The number of Topliss-reactive ketones (excluding diaryl/α,β-unsaturated/α-hetero) is 2. The van der Waals surface area contributed by atoms with E-state index in [1.54, 1.807) is 13.8 Å². The molecule has 698 valence electrons. The fraction of sp³-hybridized carbons (Fsp3) is 0.598. The zero-order valence-corrected chi connectivity index (χ0v) is 72.8. The lowest BCUT2D eigenvalue weighted by Gasteiger charge is -2.49. The van der Waals surface area contributed by atoms with E-state index in [-0.39, 0.29) is 104 Å². The molecule has 0 radical (unpaired) electrons. The predicted molar refractivity (Wildman–Crippen MR) is 420 cm³/mol. The summed E-state index contributed by atoms with van der Waals surface area (Å²) in [5.41, 5.74) is -4.56. The Hall–Kier alpha value is -6.42. The molecule has 3 heterocycles. The molecule has 42 heteroatoms. The molecule has 3 spiro atoms. The summed E-state index contributed by atoms with van der Waals surface area (Å²) in [5.74, 6) is -2.07. The van der Waals surface area contributed by atoms with Crippen molar-refractivity contribution in [3.8, 4) is 0 Å². The molecule has 9 fully saturated rings. The van der Waals surface area contributed by atoms with Gasteiger partial charge in [-0.1, -0.05) is 43.7 Å². The van der Waals surface area contributed by atoms with Crippen LogP contribution in [-0.4, -0.2) is 177 Å². The van der Waals surface area contributed by atoms with Crippen molar-refractivity contribution >= 4 is 69.5 Å².